The van der Waals surface area contributed by atoms with E-state index in [9.17, 15) is 18.8 Å². The Morgan fingerprint density at radius 2 is 1.84 bits per heavy atom. The van der Waals surface area contributed by atoms with Gasteiger partial charge in [0.1, 0.15) is 12.3 Å². The summed E-state index contributed by atoms with van der Waals surface area (Å²) in [5.41, 5.74) is 3.40. The minimum absolute atomic E-state index is 0.169. The lowest BCUT2D eigenvalue weighted by Crippen LogP contribution is -2.45. The highest BCUT2D eigenvalue weighted by Crippen LogP contribution is 2.25. The van der Waals surface area contributed by atoms with Crippen LogP contribution in [0.1, 0.15) is 29.5 Å². The van der Waals surface area contributed by atoms with Crippen LogP contribution in [0.3, 0.4) is 0 Å². The van der Waals surface area contributed by atoms with Crippen molar-refractivity contribution in [2.24, 2.45) is 0 Å². The zero-order chi connectivity index (χ0) is 22.8. The van der Waals surface area contributed by atoms with E-state index in [1.165, 1.54) is 11.9 Å². The maximum Gasteiger partial charge on any atom is 0.242 e. The predicted octanol–water partition coefficient (Wildman–Crippen LogP) is 2.84. The average molecular weight is 429 g/mol. The summed E-state index contributed by atoms with van der Waals surface area (Å²) >= 11 is 0. The van der Waals surface area contributed by atoms with Crippen molar-refractivity contribution < 1.29 is 18.8 Å². The van der Waals surface area contributed by atoms with Gasteiger partial charge in [0.15, 0.2) is 5.82 Å². The lowest BCUT2D eigenvalue weighted by atomic mass is 10.0. The zero-order valence-corrected chi connectivity index (χ0v) is 18.1. The Bertz CT molecular complexity index is 920. The number of aryl methyl sites for hydroxylation is 1. The summed E-state index contributed by atoms with van der Waals surface area (Å²) in [6.07, 6.45) is 1.76. The number of rotatable bonds is 12. The number of anilines is 2. The highest BCUT2D eigenvalue weighted by atomic mass is 19.1. The molecular weight excluding hydrogens is 399 g/mol. The second kappa shape index (κ2) is 11.7. The maximum absolute atomic E-state index is 14.5. The average Bonchev–Trinajstić information content (AvgIpc) is 2.78. The van der Waals surface area contributed by atoms with Crippen LogP contribution in [0.25, 0.3) is 0 Å². The first-order chi connectivity index (χ1) is 15.0. The molecule has 1 atom stereocenters. The van der Waals surface area contributed by atoms with Gasteiger partial charge in [0.05, 0.1) is 5.69 Å². The summed E-state index contributed by atoms with van der Waals surface area (Å²) < 4.78 is 14.5. The first kappa shape index (κ1) is 23.9. The van der Waals surface area contributed by atoms with Gasteiger partial charge in [0, 0.05) is 44.9 Å². The van der Waals surface area contributed by atoms with Crippen molar-refractivity contribution in [1.82, 2.24) is 10.2 Å². The molecule has 8 heteroatoms. The molecule has 0 radical (unpaired) electrons. The van der Waals surface area contributed by atoms with Crippen LogP contribution in [-0.2, 0) is 27.5 Å². The van der Waals surface area contributed by atoms with Crippen molar-refractivity contribution in [3.05, 3.63) is 58.9 Å². The molecule has 3 N–H and O–H groups in total. The second-order valence-corrected chi connectivity index (χ2v) is 7.14. The molecule has 0 bridgehead atoms. The number of nitrogens with zero attached hydrogens (tertiary/aromatic N) is 1. The van der Waals surface area contributed by atoms with Crippen LogP contribution in [0.5, 0.6) is 0 Å². The summed E-state index contributed by atoms with van der Waals surface area (Å²) in [4.78, 5) is 36.3. The minimum Gasteiger partial charge on any atom is -0.386 e. The Labute approximate surface area is 182 Å². The van der Waals surface area contributed by atoms with E-state index in [1.807, 2.05) is 25.1 Å². The van der Waals surface area contributed by atoms with Gasteiger partial charge in [-0.3, -0.25) is 9.59 Å². The number of halogens is 1. The molecule has 0 fully saturated rings. The summed E-state index contributed by atoms with van der Waals surface area (Å²) in [6, 6.07) is 10.0. The van der Waals surface area contributed by atoms with Crippen LogP contribution in [-0.4, -0.2) is 43.6 Å². The van der Waals surface area contributed by atoms with E-state index in [4.69, 9.17) is 0 Å². The lowest BCUT2D eigenvalue weighted by Gasteiger charge is -2.28. The van der Waals surface area contributed by atoms with Crippen LogP contribution in [0, 0.1) is 12.7 Å². The number of benzene rings is 2. The molecule has 0 saturated carbocycles. The van der Waals surface area contributed by atoms with Gasteiger partial charge in [-0.2, -0.15) is 0 Å². The smallest absolute Gasteiger partial charge is 0.242 e. The van der Waals surface area contributed by atoms with Crippen molar-refractivity contribution in [2.75, 3.05) is 24.7 Å². The van der Waals surface area contributed by atoms with Gasteiger partial charge >= 0.3 is 0 Å². The van der Waals surface area contributed by atoms with Gasteiger partial charge in [-0.1, -0.05) is 24.3 Å². The van der Waals surface area contributed by atoms with E-state index in [0.29, 0.717) is 17.7 Å². The Morgan fingerprint density at radius 1 is 1.13 bits per heavy atom. The predicted molar refractivity (Wildman–Crippen MR) is 119 cm³/mol. The number of hydrogen-bond acceptors (Lipinski definition) is 5. The molecule has 166 valence electrons. The van der Waals surface area contributed by atoms with E-state index in [-0.39, 0.29) is 37.7 Å². The SMILES string of the molecule is CNC(=O)C(CCC=O)N(C=O)Cc1c(C)cccc1NCc1cccc(NC)c1F. The maximum atomic E-state index is 14.5. The first-order valence-electron chi connectivity index (χ1n) is 10.1. The number of nitrogens with one attached hydrogen (secondary N) is 3. The number of aldehydes is 1. The summed E-state index contributed by atoms with van der Waals surface area (Å²) in [7, 11) is 3.16. The second-order valence-electron chi connectivity index (χ2n) is 7.14. The fourth-order valence-electron chi connectivity index (χ4n) is 3.42. The summed E-state index contributed by atoms with van der Waals surface area (Å²) in [5, 5.41) is 8.62. The molecule has 0 spiro atoms. The Kier molecular flexibility index (Phi) is 8.99. The van der Waals surface area contributed by atoms with Crippen LogP contribution in [0.15, 0.2) is 36.4 Å². The lowest BCUT2D eigenvalue weighted by molar-refractivity contribution is -0.133. The summed E-state index contributed by atoms with van der Waals surface area (Å²) in [5.74, 6) is -0.655. The standard InChI is InChI=1S/C23H29FN4O3/c1-16-7-4-9-19(27-13-17-8-5-10-20(25-2)22(17)24)18(16)14-28(15-30)21(11-6-12-29)23(31)26-3/h4-5,7-10,12,15,21,25,27H,6,11,13-14H2,1-3H3,(H,26,31). The topological polar surface area (TPSA) is 90.5 Å². The van der Waals surface area contributed by atoms with Gasteiger partial charge in [-0.05, 0) is 36.6 Å². The molecule has 0 saturated heterocycles. The normalized spacial score (nSPS) is 11.4. The molecule has 2 aromatic rings. The van der Waals surface area contributed by atoms with E-state index < -0.39 is 6.04 Å². The van der Waals surface area contributed by atoms with Crippen molar-refractivity contribution in [3.63, 3.8) is 0 Å². The molecule has 0 aliphatic heterocycles. The van der Waals surface area contributed by atoms with Gasteiger partial charge < -0.3 is 25.6 Å². The third-order valence-electron chi connectivity index (χ3n) is 5.21. The van der Waals surface area contributed by atoms with Gasteiger partial charge in [-0.25, -0.2) is 4.39 Å². The largest absolute Gasteiger partial charge is 0.386 e. The molecule has 1 unspecified atom stereocenters. The van der Waals surface area contributed by atoms with E-state index in [2.05, 4.69) is 16.0 Å². The highest BCUT2D eigenvalue weighted by Gasteiger charge is 2.25. The van der Waals surface area contributed by atoms with Crippen LogP contribution >= 0.6 is 0 Å². The third-order valence-corrected chi connectivity index (χ3v) is 5.21. The summed E-state index contributed by atoms with van der Waals surface area (Å²) in [6.45, 7) is 2.34. The third kappa shape index (κ3) is 6.04. The van der Waals surface area contributed by atoms with Gasteiger partial charge in [-0.15, -0.1) is 0 Å². The van der Waals surface area contributed by atoms with Crippen LogP contribution < -0.4 is 16.0 Å². The molecule has 2 aromatic carbocycles. The van der Waals surface area contributed by atoms with Gasteiger partial charge in [0.2, 0.25) is 12.3 Å². The Balaban J connectivity index is 2.27. The fraction of sp³-hybridized carbons (Fsp3) is 0.348. The molecule has 2 rings (SSSR count). The molecular formula is C23H29FN4O3. The van der Waals surface area contributed by atoms with Crippen molar-refractivity contribution in [3.8, 4) is 0 Å². The minimum atomic E-state index is -0.759. The zero-order valence-electron chi connectivity index (χ0n) is 18.1. The van der Waals surface area contributed by atoms with Gasteiger partial charge in [0.25, 0.3) is 0 Å². The Morgan fingerprint density at radius 3 is 2.48 bits per heavy atom. The number of carbonyl (C=O) groups is 3. The van der Waals surface area contributed by atoms with Crippen molar-refractivity contribution in [1.29, 1.82) is 0 Å². The molecule has 2 amide bonds. The molecule has 0 aromatic heterocycles. The van der Waals surface area contributed by atoms with E-state index in [0.717, 1.165) is 23.1 Å². The molecule has 31 heavy (non-hydrogen) atoms. The number of amides is 2. The van der Waals surface area contributed by atoms with E-state index in [1.54, 1.807) is 25.2 Å². The first-order valence-corrected chi connectivity index (χ1v) is 10.1. The van der Waals surface area contributed by atoms with Crippen LogP contribution in [0.4, 0.5) is 15.8 Å². The fourth-order valence-corrected chi connectivity index (χ4v) is 3.42. The van der Waals surface area contributed by atoms with Crippen molar-refractivity contribution in [2.45, 2.75) is 38.9 Å². The quantitative estimate of drug-likeness (QED) is 0.452. The monoisotopic (exact) mass is 428 g/mol. The van der Waals surface area contributed by atoms with Crippen LogP contribution in [0.2, 0.25) is 0 Å². The molecule has 0 heterocycles. The number of likely N-dealkylation sites (N-methyl/N-ethyl adjacent to an activating group) is 1. The Hall–Kier alpha value is -3.42. The molecule has 0 aliphatic rings. The molecule has 0 aliphatic carbocycles. The highest BCUT2D eigenvalue weighted by molar-refractivity contribution is 5.83. The molecule has 7 nitrogen and oxygen atoms in total. The van der Waals surface area contributed by atoms with Crippen molar-refractivity contribution >= 4 is 30.0 Å². The number of hydrogen-bond donors (Lipinski definition) is 3. The van der Waals surface area contributed by atoms with E-state index >= 15 is 0 Å². The number of carbonyl (C=O) groups excluding carboxylic acids is 3.